The SMILES string of the molecule is COC1CCC(Nc2ncc(C(N)=O)c(N[C@@H]3CCCC[C@H]3O)n2)CC1. The number of nitrogens with zero attached hydrogens (tertiary/aromatic N) is 2. The third-order valence-electron chi connectivity index (χ3n) is 5.45. The van der Waals surface area contributed by atoms with Crippen LogP contribution >= 0.6 is 0 Å². The number of anilines is 2. The molecule has 8 nitrogen and oxygen atoms in total. The van der Waals surface area contributed by atoms with E-state index in [-0.39, 0.29) is 17.6 Å². The molecule has 0 aromatic carbocycles. The zero-order valence-corrected chi connectivity index (χ0v) is 15.3. The first-order chi connectivity index (χ1) is 12.6. The Morgan fingerprint density at radius 1 is 1.19 bits per heavy atom. The molecule has 1 amide bonds. The molecule has 2 aliphatic rings. The average Bonchev–Trinajstić information content (AvgIpc) is 2.64. The van der Waals surface area contributed by atoms with E-state index >= 15 is 0 Å². The summed E-state index contributed by atoms with van der Waals surface area (Å²) in [6.45, 7) is 0. The lowest BCUT2D eigenvalue weighted by Gasteiger charge is -2.30. The fourth-order valence-electron chi connectivity index (χ4n) is 3.82. The van der Waals surface area contributed by atoms with E-state index in [4.69, 9.17) is 10.5 Å². The number of nitrogens with one attached hydrogen (secondary N) is 2. The topological polar surface area (TPSA) is 122 Å². The minimum Gasteiger partial charge on any atom is -0.391 e. The van der Waals surface area contributed by atoms with Gasteiger partial charge in [0.25, 0.3) is 5.91 Å². The molecule has 1 aromatic rings. The highest BCUT2D eigenvalue weighted by molar-refractivity contribution is 5.97. The number of carbonyl (C=O) groups excluding carboxylic acids is 1. The number of hydrogen-bond donors (Lipinski definition) is 4. The van der Waals surface area contributed by atoms with Crippen molar-refractivity contribution in [1.82, 2.24) is 9.97 Å². The molecule has 2 fully saturated rings. The summed E-state index contributed by atoms with van der Waals surface area (Å²) in [5, 5.41) is 16.7. The van der Waals surface area contributed by atoms with Gasteiger partial charge in [-0.05, 0) is 38.5 Å². The van der Waals surface area contributed by atoms with Gasteiger partial charge in [-0.1, -0.05) is 12.8 Å². The molecule has 8 heteroatoms. The van der Waals surface area contributed by atoms with E-state index in [0.29, 0.717) is 17.9 Å². The van der Waals surface area contributed by atoms with E-state index in [1.165, 1.54) is 6.20 Å². The molecule has 0 bridgehead atoms. The first kappa shape index (κ1) is 18.8. The van der Waals surface area contributed by atoms with E-state index in [0.717, 1.165) is 51.4 Å². The van der Waals surface area contributed by atoms with Crippen LogP contribution in [-0.2, 0) is 4.74 Å². The third kappa shape index (κ3) is 4.62. The summed E-state index contributed by atoms with van der Waals surface area (Å²) in [4.78, 5) is 20.4. The molecule has 0 saturated heterocycles. The third-order valence-corrected chi connectivity index (χ3v) is 5.45. The Morgan fingerprint density at radius 2 is 1.92 bits per heavy atom. The molecule has 2 aliphatic carbocycles. The molecule has 5 N–H and O–H groups in total. The summed E-state index contributed by atoms with van der Waals surface area (Å²) < 4.78 is 5.40. The van der Waals surface area contributed by atoms with Crippen molar-refractivity contribution in [1.29, 1.82) is 0 Å². The van der Waals surface area contributed by atoms with Crippen molar-refractivity contribution in [2.75, 3.05) is 17.7 Å². The first-order valence-corrected chi connectivity index (χ1v) is 9.47. The second-order valence-corrected chi connectivity index (χ2v) is 7.28. The van der Waals surface area contributed by atoms with Crippen molar-refractivity contribution in [3.63, 3.8) is 0 Å². The average molecular weight is 363 g/mol. The van der Waals surface area contributed by atoms with Gasteiger partial charge in [-0.2, -0.15) is 4.98 Å². The smallest absolute Gasteiger partial charge is 0.254 e. The number of primary amides is 1. The zero-order chi connectivity index (χ0) is 18.5. The maximum absolute atomic E-state index is 11.7. The molecule has 2 saturated carbocycles. The highest BCUT2D eigenvalue weighted by Crippen LogP contribution is 2.25. The maximum Gasteiger partial charge on any atom is 0.254 e. The van der Waals surface area contributed by atoms with Crippen molar-refractivity contribution >= 4 is 17.7 Å². The second kappa shape index (κ2) is 8.64. The van der Waals surface area contributed by atoms with Crippen molar-refractivity contribution in [2.45, 2.75) is 75.7 Å². The number of ether oxygens (including phenoxy) is 1. The monoisotopic (exact) mass is 363 g/mol. The number of aliphatic hydroxyl groups excluding tert-OH is 1. The number of rotatable bonds is 6. The van der Waals surface area contributed by atoms with Crippen LogP contribution in [0.2, 0.25) is 0 Å². The molecule has 144 valence electrons. The van der Waals surface area contributed by atoms with Crippen LogP contribution in [0.5, 0.6) is 0 Å². The van der Waals surface area contributed by atoms with Gasteiger partial charge >= 0.3 is 0 Å². The van der Waals surface area contributed by atoms with Crippen LogP contribution in [0, 0.1) is 0 Å². The quantitative estimate of drug-likeness (QED) is 0.606. The minimum absolute atomic E-state index is 0.123. The molecule has 1 aromatic heterocycles. The maximum atomic E-state index is 11.7. The lowest BCUT2D eigenvalue weighted by atomic mass is 9.92. The Kier molecular flexibility index (Phi) is 6.26. The van der Waals surface area contributed by atoms with Crippen LogP contribution in [-0.4, -0.2) is 52.4 Å². The summed E-state index contributed by atoms with van der Waals surface area (Å²) in [5.41, 5.74) is 5.71. The van der Waals surface area contributed by atoms with Crippen molar-refractivity contribution in [3.05, 3.63) is 11.8 Å². The van der Waals surface area contributed by atoms with E-state index in [1.807, 2.05) is 0 Å². The lowest BCUT2D eigenvalue weighted by Crippen LogP contribution is -2.37. The number of aromatic nitrogens is 2. The lowest BCUT2D eigenvalue weighted by molar-refractivity contribution is 0.0681. The molecular formula is C18H29N5O3. The normalized spacial score (nSPS) is 29.2. The van der Waals surface area contributed by atoms with Gasteiger partial charge < -0.3 is 26.2 Å². The fraction of sp³-hybridized carbons (Fsp3) is 0.722. The Hall–Kier alpha value is -1.93. The predicted octanol–water partition coefficient (Wildman–Crippen LogP) is 1.66. The van der Waals surface area contributed by atoms with Gasteiger partial charge in [-0.15, -0.1) is 0 Å². The molecular weight excluding hydrogens is 334 g/mol. The number of amides is 1. The molecule has 0 unspecified atom stereocenters. The standard InChI is InChI=1S/C18H29N5O3/c1-26-12-8-6-11(7-9-12)21-18-20-10-13(16(19)25)17(23-18)22-14-4-2-3-5-15(14)24/h10-12,14-15,24H,2-9H2,1H3,(H2,19,25)(H2,20,21,22,23)/t11?,12?,14-,15-/m1/s1. The minimum atomic E-state index is -0.579. The summed E-state index contributed by atoms with van der Waals surface area (Å²) in [7, 11) is 1.75. The number of nitrogens with two attached hydrogens (primary N) is 1. The Labute approximate surface area is 153 Å². The largest absolute Gasteiger partial charge is 0.391 e. The molecule has 3 rings (SSSR count). The van der Waals surface area contributed by atoms with Crippen LogP contribution < -0.4 is 16.4 Å². The second-order valence-electron chi connectivity index (χ2n) is 7.28. The molecule has 1 heterocycles. The van der Waals surface area contributed by atoms with Crippen LogP contribution in [0.4, 0.5) is 11.8 Å². The Bertz CT molecular complexity index is 619. The summed E-state index contributed by atoms with van der Waals surface area (Å²) in [6.07, 6.45) is 8.98. The summed E-state index contributed by atoms with van der Waals surface area (Å²) in [6, 6.07) is 0.163. The predicted molar refractivity (Wildman–Crippen MR) is 99.1 cm³/mol. The molecule has 0 spiro atoms. The van der Waals surface area contributed by atoms with E-state index in [9.17, 15) is 9.90 Å². The van der Waals surface area contributed by atoms with Crippen molar-refractivity contribution in [3.8, 4) is 0 Å². The van der Waals surface area contributed by atoms with Gasteiger partial charge in [0.2, 0.25) is 5.95 Å². The molecule has 26 heavy (non-hydrogen) atoms. The van der Waals surface area contributed by atoms with Crippen LogP contribution in [0.1, 0.15) is 61.7 Å². The Morgan fingerprint density at radius 3 is 2.58 bits per heavy atom. The van der Waals surface area contributed by atoms with Gasteiger partial charge in [-0.25, -0.2) is 4.98 Å². The van der Waals surface area contributed by atoms with Gasteiger partial charge in [0.05, 0.1) is 23.8 Å². The highest BCUT2D eigenvalue weighted by Gasteiger charge is 2.26. The number of methoxy groups -OCH3 is 1. The van der Waals surface area contributed by atoms with Crippen molar-refractivity contribution in [2.24, 2.45) is 5.73 Å². The van der Waals surface area contributed by atoms with Crippen molar-refractivity contribution < 1.29 is 14.6 Å². The van der Waals surface area contributed by atoms with Gasteiger partial charge in [-0.3, -0.25) is 4.79 Å². The fourth-order valence-corrected chi connectivity index (χ4v) is 3.82. The van der Waals surface area contributed by atoms with E-state index in [1.54, 1.807) is 7.11 Å². The van der Waals surface area contributed by atoms with Gasteiger partial charge in [0.1, 0.15) is 5.82 Å². The zero-order valence-electron chi connectivity index (χ0n) is 15.3. The van der Waals surface area contributed by atoms with E-state index in [2.05, 4.69) is 20.6 Å². The van der Waals surface area contributed by atoms with E-state index < -0.39 is 12.0 Å². The number of hydrogen-bond acceptors (Lipinski definition) is 7. The molecule has 0 aliphatic heterocycles. The Balaban J connectivity index is 1.70. The number of aliphatic hydroxyl groups is 1. The van der Waals surface area contributed by atoms with Crippen LogP contribution in [0.25, 0.3) is 0 Å². The summed E-state index contributed by atoms with van der Waals surface area (Å²) in [5.74, 6) is 0.292. The first-order valence-electron chi connectivity index (χ1n) is 9.47. The molecule has 2 atom stereocenters. The van der Waals surface area contributed by atoms with Crippen LogP contribution in [0.3, 0.4) is 0 Å². The van der Waals surface area contributed by atoms with Crippen LogP contribution in [0.15, 0.2) is 6.20 Å². The summed E-state index contributed by atoms with van der Waals surface area (Å²) >= 11 is 0. The van der Waals surface area contributed by atoms with Gasteiger partial charge in [0, 0.05) is 19.3 Å². The number of carbonyl (C=O) groups is 1. The van der Waals surface area contributed by atoms with Gasteiger partial charge in [0.15, 0.2) is 0 Å². The molecule has 0 radical (unpaired) electrons. The highest BCUT2D eigenvalue weighted by atomic mass is 16.5.